The number of carbonyl (C=O) groups excluding carboxylic acids is 2. The Morgan fingerprint density at radius 2 is 1.17 bits per heavy atom. The summed E-state index contributed by atoms with van der Waals surface area (Å²) in [6, 6.07) is 0. The van der Waals surface area contributed by atoms with E-state index in [1.54, 1.807) is 24.3 Å². The third kappa shape index (κ3) is 4.17. The second-order valence-corrected chi connectivity index (χ2v) is 4.93. The number of allylic oxidation sites excluding steroid dienone is 6. The van der Waals surface area contributed by atoms with Crippen molar-refractivity contribution in [1.82, 2.24) is 0 Å². The molecule has 23 heavy (non-hydrogen) atoms. The number of carbonyl (C=O) groups is 2. The van der Waals surface area contributed by atoms with E-state index in [9.17, 15) is 9.59 Å². The third-order valence-corrected chi connectivity index (χ3v) is 3.48. The highest BCUT2D eigenvalue weighted by Gasteiger charge is 2.21. The summed E-state index contributed by atoms with van der Waals surface area (Å²) in [5.74, 6) is -1.47. The Bertz CT molecular complexity index is 590. The molecule has 0 amide bonds. The van der Waals surface area contributed by atoms with Gasteiger partial charge in [-0.3, -0.25) is 9.78 Å². The van der Waals surface area contributed by atoms with Crippen LogP contribution in [0.1, 0.15) is 25.7 Å². The maximum atomic E-state index is 11.9. The number of rotatable bonds is 6. The Morgan fingerprint density at radius 1 is 0.783 bits per heavy atom. The lowest BCUT2D eigenvalue weighted by Gasteiger charge is -2.12. The molecular formula is C18H18O5. The van der Waals surface area contributed by atoms with Crippen LogP contribution in [0.3, 0.4) is 0 Å². The predicted molar refractivity (Wildman–Crippen MR) is 84.5 cm³/mol. The van der Waals surface area contributed by atoms with E-state index in [1.165, 1.54) is 0 Å². The maximum Gasteiger partial charge on any atom is 0.377 e. The molecule has 2 aliphatic rings. The van der Waals surface area contributed by atoms with Crippen LogP contribution in [0.15, 0.2) is 71.9 Å². The largest absolute Gasteiger partial charge is 0.377 e. The summed E-state index contributed by atoms with van der Waals surface area (Å²) in [7, 11) is 0. The lowest BCUT2D eigenvalue weighted by atomic mass is 9.98. The molecule has 0 radical (unpaired) electrons. The third-order valence-electron chi connectivity index (χ3n) is 3.48. The summed E-state index contributed by atoms with van der Waals surface area (Å²) in [5.41, 5.74) is 2.02. The molecule has 0 bridgehead atoms. The first kappa shape index (κ1) is 16.7. The summed E-state index contributed by atoms with van der Waals surface area (Å²) in [5, 5.41) is 4.35. The zero-order valence-electron chi connectivity index (χ0n) is 12.7. The van der Waals surface area contributed by atoms with Crippen LogP contribution in [0.4, 0.5) is 0 Å². The highest BCUT2D eigenvalue weighted by Crippen LogP contribution is 2.22. The highest BCUT2D eigenvalue weighted by molar-refractivity contribution is 5.95. The SMILES string of the molecule is C=CC1=CCCC=C1C(=O)OOOC(=O)C1=CCCC=C1C=C. The van der Waals surface area contributed by atoms with E-state index >= 15 is 0 Å². The number of hydrogen-bond acceptors (Lipinski definition) is 5. The lowest BCUT2D eigenvalue weighted by molar-refractivity contribution is -0.456. The smallest absolute Gasteiger partial charge is 0.254 e. The van der Waals surface area contributed by atoms with E-state index in [4.69, 9.17) is 0 Å². The van der Waals surface area contributed by atoms with Crippen molar-refractivity contribution < 1.29 is 24.4 Å². The minimum absolute atomic E-state index is 0.339. The summed E-state index contributed by atoms with van der Waals surface area (Å²) in [6.45, 7) is 7.28. The standard InChI is InChI=1S/C18H18O5/c1-3-13-9-5-7-11-15(13)17(19)21-23-22-18(20)16-12-8-6-10-14(16)4-2/h3-4,9-12H,1-2,5-8H2. The van der Waals surface area contributed by atoms with Crippen molar-refractivity contribution in [2.45, 2.75) is 25.7 Å². The van der Waals surface area contributed by atoms with E-state index in [0.717, 1.165) is 25.7 Å². The Balaban J connectivity index is 1.87. The van der Waals surface area contributed by atoms with Crippen molar-refractivity contribution in [2.75, 3.05) is 0 Å². The summed E-state index contributed by atoms with van der Waals surface area (Å²) in [6.07, 6.45) is 13.5. The van der Waals surface area contributed by atoms with Crippen molar-refractivity contribution in [3.05, 3.63) is 71.9 Å². The van der Waals surface area contributed by atoms with Gasteiger partial charge in [-0.05, 0) is 36.8 Å². The first-order valence-corrected chi connectivity index (χ1v) is 7.33. The van der Waals surface area contributed by atoms with Gasteiger partial charge in [-0.25, -0.2) is 9.59 Å². The highest BCUT2D eigenvalue weighted by atomic mass is 17.5. The molecule has 0 aromatic heterocycles. The van der Waals surface area contributed by atoms with E-state index in [1.807, 2.05) is 12.2 Å². The first-order valence-electron chi connectivity index (χ1n) is 7.33. The molecule has 2 rings (SSSR count). The van der Waals surface area contributed by atoms with Crippen LogP contribution in [-0.4, -0.2) is 11.9 Å². The van der Waals surface area contributed by atoms with E-state index in [0.29, 0.717) is 22.3 Å². The lowest BCUT2D eigenvalue weighted by Crippen LogP contribution is -2.16. The van der Waals surface area contributed by atoms with Gasteiger partial charge >= 0.3 is 11.9 Å². The zero-order chi connectivity index (χ0) is 16.7. The molecule has 0 aromatic carbocycles. The normalized spacial score (nSPS) is 17.0. The topological polar surface area (TPSA) is 61.8 Å². The molecule has 5 nitrogen and oxygen atoms in total. The van der Waals surface area contributed by atoms with Crippen LogP contribution in [-0.2, 0) is 24.4 Å². The second-order valence-electron chi connectivity index (χ2n) is 4.93. The molecular weight excluding hydrogens is 296 g/mol. The van der Waals surface area contributed by atoms with Crippen molar-refractivity contribution in [3.63, 3.8) is 0 Å². The fourth-order valence-corrected chi connectivity index (χ4v) is 2.35. The van der Waals surface area contributed by atoms with E-state index in [-0.39, 0.29) is 0 Å². The average molecular weight is 314 g/mol. The molecule has 0 heterocycles. The molecule has 2 aliphatic carbocycles. The molecule has 5 heteroatoms. The van der Waals surface area contributed by atoms with Gasteiger partial charge in [0.2, 0.25) is 0 Å². The molecule has 0 saturated carbocycles. The van der Waals surface area contributed by atoms with Crippen molar-refractivity contribution in [2.24, 2.45) is 0 Å². The van der Waals surface area contributed by atoms with E-state index in [2.05, 4.69) is 28.0 Å². The summed E-state index contributed by atoms with van der Waals surface area (Å²) in [4.78, 5) is 32.9. The molecule has 0 atom stereocenters. The zero-order valence-corrected chi connectivity index (χ0v) is 12.7. The molecule has 0 aromatic rings. The fraction of sp³-hybridized carbons (Fsp3) is 0.222. The predicted octanol–water partition coefficient (Wildman–Crippen LogP) is 3.58. The van der Waals surface area contributed by atoms with Crippen LogP contribution < -0.4 is 0 Å². The molecule has 120 valence electrons. The van der Waals surface area contributed by atoms with Crippen LogP contribution in [0.5, 0.6) is 0 Å². The quantitative estimate of drug-likeness (QED) is 0.554. The molecule has 0 aliphatic heterocycles. The van der Waals surface area contributed by atoms with Crippen molar-refractivity contribution in [3.8, 4) is 0 Å². The Labute approximate surface area is 134 Å². The van der Waals surface area contributed by atoms with Gasteiger partial charge in [-0.2, -0.15) is 0 Å². The molecule has 0 spiro atoms. The first-order chi connectivity index (χ1) is 11.2. The van der Waals surface area contributed by atoms with Gasteiger partial charge in [0.05, 0.1) is 11.1 Å². The van der Waals surface area contributed by atoms with E-state index < -0.39 is 11.9 Å². The maximum absolute atomic E-state index is 11.9. The number of hydrogen-bond donors (Lipinski definition) is 0. The molecule has 0 fully saturated rings. The van der Waals surface area contributed by atoms with Gasteiger partial charge in [0.1, 0.15) is 0 Å². The monoisotopic (exact) mass is 314 g/mol. The summed E-state index contributed by atoms with van der Waals surface area (Å²) < 4.78 is 0. The van der Waals surface area contributed by atoms with Crippen LogP contribution in [0.2, 0.25) is 0 Å². The van der Waals surface area contributed by atoms with Gasteiger partial charge in [-0.15, -0.1) is 0 Å². The molecule has 0 unspecified atom stereocenters. The molecule has 0 saturated heterocycles. The Kier molecular flexibility index (Phi) is 5.88. The van der Waals surface area contributed by atoms with Gasteiger partial charge < -0.3 is 0 Å². The van der Waals surface area contributed by atoms with Gasteiger partial charge in [0.15, 0.2) is 0 Å². The van der Waals surface area contributed by atoms with Crippen molar-refractivity contribution in [1.29, 1.82) is 0 Å². The van der Waals surface area contributed by atoms with Crippen LogP contribution in [0, 0.1) is 0 Å². The summed E-state index contributed by atoms with van der Waals surface area (Å²) >= 11 is 0. The molecule has 0 N–H and O–H groups in total. The Morgan fingerprint density at radius 3 is 1.57 bits per heavy atom. The minimum Gasteiger partial charge on any atom is -0.254 e. The Hall–Kier alpha value is -2.66. The van der Waals surface area contributed by atoms with Gasteiger partial charge in [0.25, 0.3) is 0 Å². The van der Waals surface area contributed by atoms with Gasteiger partial charge in [-0.1, -0.05) is 49.6 Å². The van der Waals surface area contributed by atoms with Crippen LogP contribution >= 0.6 is 0 Å². The minimum atomic E-state index is -0.735. The fourth-order valence-electron chi connectivity index (χ4n) is 2.35. The average Bonchev–Trinajstić information content (AvgIpc) is 2.61. The van der Waals surface area contributed by atoms with Gasteiger partial charge in [0, 0.05) is 5.04 Å². The second kappa shape index (κ2) is 8.10. The van der Waals surface area contributed by atoms with Crippen LogP contribution in [0.25, 0.3) is 0 Å². The van der Waals surface area contributed by atoms with Crippen molar-refractivity contribution >= 4 is 11.9 Å².